The number of ether oxygens (including phenoxy) is 1. The number of nitrogens with zero attached hydrogens (tertiary/aromatic N) is 1. The highest BCUT2D eigenvalue weighted by Gasteiger charge is 2.49. The molecule has 6 heteroatoms. The summed E-state index contributed by atoms with van der Waals surface area (Å²) in [4.78, 5) is 37.2. The van der Waals surface area contributed by atoms with Gasteiger partial charge in [0.05, 0.1) is 12.6 Å². The van der Waals surface area contributed by atoms with Gasteiger partial charge in [-0.05, 0) is 24.6 Å². The van der Waals surface area contributed by atoms with Crippen LogP contribution < -0.4 is 0 Å². The molecule has 1 aliphatic rings. The Bertz CT molecular complexity index is 570. The lowest BCUT2D eigenvalue weighted by molar-refractivity contribution is -0.142. The molecule has 0 saturated carbocycles. The maximum absolute atomic E-state index is 13.0. The van der Waals surface area contributed by atoms with E-state index in [9.17, 15) is 18.8 Å². The molecule has 5 nitrogen and oxygen atoms in total. The summed E-state index contributed by atoms with van der Waals surface area (Å²) in [7, 11) is 1.48. The van der Waals surface area contributed by atoms with Crippen molar-refractivity contribution in [2.24, 2.45) is 5.92 Å². The average Bonchev–Trinajstić information content (AvgIpc) is 2.70. The summed E-state index contributed by atoms with van der Waals surface area (Å²) in [5, 5.41) is 0. The standard InChI is InChI=1S/C15H16FNO4/c1-9(18)12-13(10-3-5-11(16)6-4-10)17(7-8-21-2)15(20)14(12)19/h3-6,12-13H,7-8H2,1-2H3. The molecule has 1 aliphatic heterocycles. The minimum atomic E-state index is -1.04. The van der Waals surface area contributed by atoms with Crippen molar-refractivity contribution >= 4 is 17.5 Å². The SMILES string of the molecule is COCCN1C(=O)C(=O)C(C(C)=O)C1c1ccc(F)cc1. The van der Waals surface area contributed by atoms with E-state index >= 15 is 0 Å². The topological polar surface area (TPSA) is 63.7 Å². The summed E-state index contributed by atoms with van der Waals surface area (Å²) in [5.74, 6) is -3.24. The van der Waals surface area contributed by atoms with Crippen LogP contribution in [0.4, 0.5) is 4.39 Å². The minimum absolute atomic E-state index is 0.201. The van der Waals surface area contributed by atoms with Crippen LogP contribution in [0.3, 0.4) is 0 Å². The Hall–Kier alpha value is -2.08. The maximum atomic E-state index is 13.0. The second kappa shape index (κ2) is 6.13. The number of benzene rings is 1. The first-order chi connectivity index (χ1) is 9.97. The van der Waals surface area contributed by atoms with Gasteiger partial charge in [-0.2, -0.15) is 0 Å². The molecule has 2 unspecified atom stereocenters. The van der Waals surface area contributed by atoms with Gasteiger partial charge in [-0.15, -0.1) is 0 Å². The molecular formula is C15H16FNO4. The molecule has 0 spiro atoms. The quantitative estimate of drug-likeness (QED) is 0.603. The third-order valence-corrected chi connectivity index (χ3v) is 3.59. The molecule has 2 rings (SSSR count). The van der Waals surface area contributed by atoms with Crippen LogP contribution in [0, 0.1) is 11.7 Å². The molecule has 2 atom stereocenters. The second-order valence-electron chi connectivity index (χ2n) is 4.94. The third-order valence-electron chi connectivity index (χ3n) is 3.59. The van der Waals surface area contributed by atoms with Crippen LogP contribution in [-0.2, 0) is 19.1 Å². The molecule has 0 aromatic heterocycles. The van der Waals surface area contributed by atoms with Crippen LogP contribution in [0.1, 0.15) is 18.5 Å². The first kappa shape index (κ1) is 15.3. The molecule has 21 heavy (non-hydrogen) atoms. The summed E-state index contributed by atoms with van der Waals surface area (Å²) < 4.78 is 18.0. The zero-order valence-electron chi connectivity index (χ0n) is 11.8. The number of ketones is 2. The molecule has 0 radical (unpaired) electrons. The Balaban J connectivity index is 2.42. The fraction of sp³-hybridized carbons (Fsp3) is 0.400. The molecule has 1 amide bonds. The van der Waals surface area contributed by atoms with Crippen molar-refractivity contribution in [3.8, 4) is 0 Å². The lowest BCUT2D eigenvalue weighted by Gasteiger charge is -2.26. The lowest BCUT2D eigenvalue weighted by atomic mass is 9.90. The van der Waals surface area contributed by atoms with Gasteiger partial charge in [-0.25, -0.2) is 4.39 Å². The van der Waals surface area contributed by atoms with Crippen LogP contribution >= 0.6 is 0 Å². The van der Waals surface area contributed by atoms with E-state index in [-0.39, 0.29) is 18.9 Å². The second-order valence-corrected chi connectivity index (χ2v) is 4.94. The fourth-order valence-corrected chi connectivity index (χ4v) is 2.59. The number of methoxy groups -OCH3 is 1. The number of carbonyl (C=O) groups is 3. The van der Waals surface area contributed by atoms with Crippen LogP contribution in [0.2, 0.25) is 0 Å². The molecule has 1 fully saturated rings. The summed E-state index contributed by atoms with van der Waals surface area (Å²) in [5.41, 5.74) is 0.562. The first-order valence-electron chi connectivity index (χ1n) is 6.57. The van der Waals surface area contributed by atoms with E-state index in [1.165, 1.54) is 43.2 Å². The normalized spacial score (nSPS) is 22.0. The van der Waals surface area contributed by atoms with Crippen molar-refractivity contribution in [1.82, 2.24) is 4.90 Å². The Morgan fingerprint density at radius 1 is 1.29 bits per heavy atom. The minimum Gasteiger partial charge on any atom is -0.383 e. The van der Waals surface area contributed by atoms with E-state index in [0.717, 1.165) is 0 Å². The third kappa shape index (κ3) is 2.85. The summed E-state index contributed by atoms with van der Waals surface area (Å²) in [6, 6.07) is 4.77. The van der Waals surface area contributed by atoms with Crippen LogP contribution in [-0.4, -0.2) is 42.6 Å². The Kier molecular flexibility index (Phi) is 4.47. The molecule has 0 bridgehead atoms. The number of likely N-dealkylation sites (tertiary alicyclic amines) is 1. The Labute approximate surface area is 121 Å². The van der Waals surface area contributed by atoms with Crippen LogP contribution in [0.15, 0.2) is 24.3 Å². The zero-order chi connectivity index (χ0) is 15.6. The fourth-order valence-electron chi connectivity index (χ4n) is 2.59. The monoisotopic (exact) mass is 293 g/mol. The molecule has 0 aliphatic carbocycles. The van der Waals surface area contributed by atoms with Crippen molar-refractivity contribution in [2.75, 3.05) is 20.3 Å². The summed E-state index contributed by atoms with van der Waals surface area (Å²) in [6.07, 6.45) is 0. The van der Waals surface area contributed by atoms with E-state index < -0.39 is 29.5 Å². The zero-order valence-corrected chi connectivity index (χ0v) is 11.8. The number of halogens is 1. The van der Waals surface area contributed by atoms with Crippen LogP contribution in [0.25, 0.3) is 0 Å². The number of amides is 1. The lowest BCUT2D eigenvalue weighted by Crippen LogP contribution is -2.33. The predicted molar refractivity (Wildman–Crippen MR) is 71.9 cm³/mol. The largest absolute Gasteiger partial charge is 0.383 e. The smallest absolute Gasteiger partial charge is 0.291 e. The van der Waals surface area contributed by atoms with E-state index in [0.29, 0.717) is 5.56 Å². The highest BCUT2D eigenvalue weighted by Crippen LogP contribution is 2.36. The molecule has 1 saturated heterocycles. The van der Waals surface area contributed by atoms with Gasteiger partial charge in [0.1, 0.15) is 17.5 Å². The van der Waals surface area contributed by atoms with Crippen molar-refractivity contribution in [3.05, 3.63) is 35.6 Å². The molecule has 1 heterocycles. The van der Waals surface area contributed by atoms with Gasteiger partial charge < -0.3 is 9.64 Å². The Morgan fingerprint density at radius 3 is 2.43 bits per heavy atom. The summed E-state index contributed by atoms with van der Waals surface area (Å²) in [6.45, 7) is 1.74. The van der Waals surface area contributed by atoms with Crippen LogP contribution in [0.5, 0.6) is 0 Å². The number of Topliss-reactive ketones (excluding diaryl/α,β-unsaturated/α-hetero) is 2. The van der Waals surface area contributed by atoms with E-state index in [2.05, 4.69) is 0 Å². The van der Waals surface area contributed by atoms with Gasteiger partial charge in [0, 0.05) is 13.7 Å². The average molecular weight is 293 g/mol. The van der Waals surface area contributed by atoms with Gasteiger partial charge in [0.2, 0.25) is 5.78 Å². The molecule has 1 aromatic carbocycles. The number of hydrogen-bond donors (Lipinski definition) is 0. The van der Waals surface area contributed by atoms with Crippen molar-refractivity contribution < 1.29 is 23.5 Å². The molecule has 0 N–H and O–H groups in total. The molecule has 112 valence electrons. The number of carbonyl (C=O) groups excluding carboxylic acids is 3. The predicted octanol–water partition coefficient (Wildman–Crippen LogP) is 1.13. The van der Waals surface area contributed by atoms with Crippen molar-refractivity contribution in [2.45, 2.75) is 13.0 Å². The van der Waals surface area contributed by atoms with Gasteiger partial charge in [-0.1, -0.05) is 12.1 Å². The van der Waals surface area contributed by atoms with Gasteiger partial charge in [0.25, 0.3) is 5.91 Å². The van der Waals surface area contributed by atoms with Gasteiger partial charge >= 0.3 is 0 Å². The number of hydrogen-bond acceptors (Lipinski definition) is 4. The molecule has 1 aromatic rings. The van der Waals surface area contributed by atoms with Gasteiger partial charge in [-0.3, -0.25) is 14.4 Å². The van der Waals surface area contributed by atoms with Gasteiger partial charge in [0.15, 0.2) is 0 Å². The van der Waals surface area contributed by atoms with Crippen molar-refractivity contribution in [1.29, 1.82) is 0 Å². The Morgan fingerprint density at radius 2 is 1.90 bits per heavy atom. The van der Waals surface area contributed by atoms with E-state index in [4.69, 9.17) is 4.74 Å². The first-order valence-corrected chi connectivity index (χ1v) is 6.57. The van der Waals surface area contributed by atoms with E-state index in [1.807, 2.05) is 0 Å². The molecular weight excluding hydrogens is 277 g/mol. The maximum Gasteiger partial charge on any atom is 0.291 e. The summed E-state index contributed by atoms with van der Waals surface area (Å²) >= 11 is 0. The van der Waals surface area contributed by atoms with E-state index in [1.54, 1.807) is 0 Å². The van der Waals surface area contributed by atoms with Crippen molar-refractivity contribution in [3.63, 3.8) is 0 Å². The highest BCUT2D eigenvalue weighted by molar-refractivity contribution is 6.42. The number of rotatable bonds is 5. The highest BCUT2D eigenvalue weighted by atomic mass is 19.1.